The maximum Gasteiger partial charge on any atom is 0.184 e. The Morgan fingerprint density at radius 1 is 1.38 bits per heavy atom. The summed E-state index contributed by atoms with van der Waals surface area (Å²) in [7, 11) is 0. The lowest BCUT2D eigenvalue weighted by Crippen LogP contribution is -2.20. The van der Waals surface area contributed by atoms with Crippen LogP contribution < -0.4 is 11.1 Å². The molecule has 0 aromatic carbocycles. The van der Waals surface area contributed by atoms with Crippen molar-refractivity contribution in [1.29, 1.82) is 0 Å². The molecular weight excluding hydrogens is 218 g/mol. The standard InChI is InChI=1S/C12H21N3S/c1-2-9-3-5-10(6-4-9)7-14-12-15-8-11(13)16-12/h8-10H,2-7,13H2,1H3,(H,14,15). The largest absolute Gasteiger partial charge is 0.389 e. The van der Waals surface area contributed by atoms with Gasteiger partial charge in [-0.25, -0.2) is 4.98 Å². The first kappa shape index (κ1) is 11.7. The van der Waals surface area contributed by atoms with E-state index >= 15 is 0 Å². The second-order valence-corrected chi connectivity index (χ2v) is 5.81. The van der Waals surface area contributed by atoms with Crippen molar-refractivity contribution < 1.29 is 0 Å². The number of nitrogens with one attached hydrogen (secondary N) is 1. The van der Waals surface area contributed by atoms with E-state index in [2.05, 4.69) is 17.2 Å². The molecule has 0 bridgehead atoms. The van der Waals surface area contributed by atoms with Crippen molar-refractivity contribution in [2.75, 3.05) is 17.6 Å². The molecule has 0 spiro atoms. The molecule has 0 amide bonds. The van der Waals surface area contributed by atoms with Crippen LogP contribution >= 0.6 is 11.3 Å². The molecule has 1 heterocycles. The molecule has 0 radical (unpaired) electrons. The predicted octanol–water partition coefficient (Wildman–Crippen LogP) is 3.35. The Morgan fingerprint density at radius 3 is 2.62 bits per heavy atom. The molecule has 1 aromatic rings. The lowest BCUT2D eigenvalue weighted by molar-refractivity contribution is 0.278. The van der Waals surface area contributed by atoms with Gasteiger partial charge in [0.15, 0.2) is 5.13 Å². The molecule has 1 aliphatic rings. The first-order valence-electron chi connectivity index (χ1n) is 6.23. The Hall–Kier alpha value is -0.770. The van der Waals surface area contributed by atoms with Crippen molar-refractivity contribution in [3.8, 4) is 0 Å². The average Bonchev–Trinajstić information content (AvgIpc) is 2.73. The van der Waals surface area contributed by atoms with Crippen LogP contribution in [0.15, 0.2) is 6.20 Å². The van der Waals surface area contributed by atoms with Crippen LogP contribution in [0, 0.1) is 11.8 Å². The summed E-state index contributed by atoms with van der Waals surface area (Å²) in [6.07, 6.45) is 8.62. The second kappa shape index (κ2) is 5.53. The van der Waals surface area contributed by atoms with Crippen LogP contribution in [0.4, 0.5) is 10.1 Å². The third kappa shape index (κ3) is 3.11. The van der Waals surface area contributed by atoms with Crippen LogP contribution in [0.2, 0.25) is 0 Å². The van der Waals surface area contributed by atoms with Gasteiger partial charge < -0.3 is 11.1 Å². The monoisotopic (exact) mass is 239 g/mol. The molecular formula is C12H21N3S. The van der Waals surface area contributed by atoms with Crippen LogP contribution in [0.25, 0.3) is 0 Å². The van der Waals surface area contributed by atoms with Crippen LogP contribution in [-0.4, -0.2) is 11.5 Å². The fourth-order valence-corrected chi connectivity index (χ4v) is 3.03. The molecule has 0 unspecified atom stereocenters. The van der Waals surface area contributed by atoms with Crippen molar-refractivity contribution in [3.05, 3.63) is 6.20 Å². The van der Waals surface area contributed by atoms with Crippen LogP contribution in [-0.2, 0) is 0 Å². The SMILES string of the molecule is CCC1CCC(CNc2ncc(N)s2)CC1. The smallest absolute Gasteiger partial charge is 0.184 e. The van der Waals surface area contributed by atoms with Crippen molar-refractivity contribution in [1.82, 2.24) is 4.98 Å². The number of nitrogens with two attached hydrogens (primary N) is 1. The maximum atomic E-state index is 5.64. The summed E-state index contributed by atoms with van der Waals surface area (Å²) in [5, 5.41) is 5.15. The van der Waals surface area contributed by atoms with Gasteiger partial charge in [-0.15, -0.1) is 0 Å². The Labute approximate surface area is 101 Å². The second-order valence-electron chi connectivity index (χ2n) is 4.74. The Bertz CT molecular complexity index is 316. The number of hydrogen-bond acceptors (Lipinski definition) is 4. The number of aromatic nitrogens is 1. The van der Waals surface area contributed by atoms with Gasteiger partial charge in [-0.05, 0) is 24.7 Å². The van der Waals surface area contributed by atoms with E-state index in [1.807, 2.05) is 0 Å². The van der Waals surface area contributed by atoms with Crippen LogP contribution in [0.1, 0.15) is 39.0 Å². The first-order chi connectivity index (χ1) is 7.78. The number of nitrogen functional groups attached to an aromatic ring is 1. The molecule has 1 aromatic heterocycles. The molecule has 2 rings (SSSR count). The molecule has 0 aliphatic heterocycles. The Balaban J connectivity index is 1.71. The molecule has 0 saturated heterocycles. The van der Waals surface area contributed by atoms with Crippen molar-refractivity contribution in [2.45, 2.75) is 39.0 Å². The topological polar surface area (TPSA) is 50.9 Å². The number of rotatable bonds is 4. The van der Waals surface area contributed by atoms with E-state index in [1.54, 1.807) is 6.20 Å². The summed E-state index contributed by atoms with van der Waals surface area (Å²) in [6.45, 7) is 3.37. The molecule has 3 nitrogen and oxygen atoms in total. The highest BCUT2D eigenvalue weighted by molar-refractivity contribution is 7.19. The molecule has 16 heavy (non-hydrogen) atoms. The number of thiazole rings is 1. The Morgan fingerprint density at radius 2 is 2.06 bits per heavy atom. The highest BCUT2D eigenvalue weighted by atomic mass is 32.1. The molecule has 3 N–H and O–H groups in total. The fraction of sp³-hybridized carbons (Fsp3) is 0.750. The number of anilines is 2. The molecule has 1 fully saturated rings. The lowest BCUT2D eigenvalue weighted by atomic mass is 9.81. The van der Waals surface area contributed by atoms with Crippen LogP contribution in [0.3, 0.4) is 0 Å². The summed E-state index contributed by atoms with van der Waals surface area (Å²) < 4.78 is 0. The van der Waals surface area contributed by atoms with E-state index in [0.717, 1.165) is 28.5 Å². The quantitative estimate of drug-likeness (QED) is 0.847. The first-order valence-corrected chi connectivity index (χ1v) is 7.04. The van der Waals surface area contributed by atoms with Gasteiger partial charge in [0, 0.05) is 6.54 Å². The normalized spacial score (nSPS) is 25.6. The minimum absolute atomic E-state index is 0.789. The van der Waals surface area contributed by atoms with E-state index in [9.17, 15) is 0 Å². The fourth-order valence-electron chi connectivity index (χ4n) is 2.44. The molecule has 1 saturated carbocycles. The zero-order valence-electron chi connectivity index (χ0n) is 9.91. The highest BCUT2D eigenvalue weighted by Crippen LogP contribution is 2.31. The van der Waals surface area contributed by atoms with E-state index < -0.39 is 0 Å². The van der Waals surface area contributed by atoms with E-state index in [4.69, 9.17) is 5.73 Å². The van der Waals surface area contributed by atoms with E-state index in [1.165, 1.54) is 43.4 Å². The van der Waals surface area contributed by atoms with E-state index in [0.29, 0.717) is 0 Å². The molecule has 1 aliphatic carbocycles. The van der Waals surface area contributed by atoms with Crippen LogP contribution in [0.5, 0.6) is 0 Å². The third-order valence-corrected chi connectivity index (χ3v) is 4.39. The predicted molar refractivity (Wildman–Crippen MR) is 70.8 cm³/mol. The van der Waals surface area contributed by atoms with Gasteiger partial charge in [0.1, 0.15) is 5.00 Å². The maximum absolute atomic E-state index is 5.64. The minimum atomic E-state index is 0.789. The molecule has 0 atom stereocenters. The third-order valence-electron chi connectivity index (χ3n) is 3.61. The zero-order valence-corrected chi connectivity index (χ0v) is 10.7. The van der Waals surface area contributed by atoms with Gasteiger partial charge in [-0.2, -0.15) is 0 Å². The van der Waals surface area contributed by atoms with Crippen molar-refractivity contribution in [3.63, 3.8) is 0 Å². The summed E-state index contributed by atoms with van der Waals surface area (Å²) >= 11 is 1.54. The molecule has 90 valence electrons. The zero-order chi connectivity index (χ0) is 11.4. The van der Waals surface area contributed by atoms with Crippen molar-refractivity contribution >= 4 is 21.5 Å². The lowest BCUT2D eigenvalue weighted by Gasteiger charge is -2.27. The summed E-state index contributed by atoms with van der Waals surface area (Å²) in [4.78, 5) is 4.21. The summed E-state index contributed by atoms with van der Waals surface area (Å²) in [5.41, 5.74) is 5.64. The van der Waals surface area contributed by atoms with Gasteiger partial charge >= 0.3 is 0 Å². The summed E-state index contributed by atoms with van der Waals surface area (Å²) in [6, 6.07) is 0. The number of hydrogen-bond donors (Lipinski definition) is 2. The van der Waals surface area contributed by atoms with Gasteiger partial charge in [-0.1, -0.05) is 37.5 Å². The van der Waals surface area contributed by atoms with Gasteiger partial charge in [0.25, 0.3) is 0 Å². The minimum Gasteiger partial charge on any atom is -0.389 e. The van der Waals surface area contributed by atoms with Gasteiger partial charge in [0.2, 0.25) is 0 Å². The summed E-state index contributed by atoms with van der Waals surface area (Å²) in [5.74, 6) is 1.81. The average molecular weight is 239 g/mol. The van der Waals surface area contributed by atoms with Gasteiger partial charge in [-0.3, -0.25) is 0 Å². The van der Waals surface area contributed by atoms with Gasteiger partial charge in [0.05, 0.1) is 6.20 Å². The van der Waals surface area contributed by atoms with E-state index in [-0.39, 0.29) is 0 Å². The highest BCUT2D eigenvalue weighted by Gasteiger charge is 2.19. The number of nitrogens with zero attached hydrogens (tertiary/aromatic N) is 1. The molecule has 4 heteroatoms. The van der Waals surface area contributed by atoms with Crippen molar-refractivity contribution in [2.24, 2.45) is 11.8 Å². The Kier molecular flexibility index (Phi) is 4.04.